The van der Waals surface area contributed by atoms with E-state index in [-0.39, 0.29) is 0 Å². The molecule has 8 heteroatoms. The van der Waals surface area contributed by atoms with E-state index in [0.717, 1.165) is 47.0 Å². The zero-order valence-electron chi connectivity index (χ0n) is 45.3. The van der Waals surface area contributed by atoms with Crippen LogP contribution in [0.5, 0.6) is 11.5 Å². The summed E-state index contributed by atoms with van der Waals surface area (Å²) >= 11 is 14.6. The van der Waals surface area contributed by atoms with Gasteiger partial charge in [0.15, 0.2) is 22.7 Å². The number of nitrogens with one attached hydrogen (secondary N) is 1. The summed E-state index contributed by atoms with van der Waals surface area (Å²) in [7, 11) is 0. The molecule has 0 radical (unpaired) electrons. The monoisotopic (exact) mass is 1040 g/mol. The third kappa shape index (κ3) is 13.5. The zero-order chi connectivity index (χ0) is 50.9. The number of ether oxygens (including phenoxy) is 1. The lowest BCUT2D eigenvalue weighted by Gasteiger charge is -2.24. The van der Waals surface area contributed by atoms with Gasteiger partial charge in [-0.15, -0.1) is 0 Å². The van der Waals surface area contributed by atoms with E-state index < -0.39 is 0 Å². The number of hydrogen-bond acceptors (Lipinski definition) is 5. The van der Waals surface area contributed by atoms with Gasteiger partial charge in [-0.2, -0.15) is 0 Å². The van der Waals surface area contributed by atoms with Crippen LogP contribution in [0.3, 0.4) is 0 Å². The molecule has 0 unspecified atom stereocenters. The molecule has 0 spiro atoms. The number of halogens is 2. The number of aromatic nitrogens is 3. The third-order valence-electron chi connectivity index (χ3n) is 16.3. The van der Waals surface area contributed by atoms with Crippen molar-refractivity contribution in [1.29, 1.82) is 0 Å². The predicted octanol–water partition coefficient (Wildman–Crippen LogP) is 23.0. The largest absolute Gasteiger partial charge is 0.451 e. The molecular weight excluding hydrogens is 952 g/mol. The highest BCUT2D eigenvalue weighted by Crippen LogP contribution is 2.54. The van der Waals surface area contributed by atoms with E-state index in [2.05, 4.69) is 84.4 Å². The van der Waals surface area contributed by atoms with Crippen LogP contribution >= 0.6 is 23.2 Å². The van der Waals surface area contributed by atoms with Gasteiger partial charge in [0, 0.05) is 45.7 Å². The molecule has 0 fully saturated rings. The van der Waals surface area contributed by atoms with Gasteiger partial charge in [0.2, 0.25) is 0 Å². The van der Waals surface area contributed by atoms with Gasteiger partial charge in [-0.25, -0.2) is 9.97 Å². The fourth-order valence-corrected chi connectivity index (χ4v) is 12.6. The number of fused-ring (bicyclic) bond motifs is 10. The lowest BCUT2D eigenvalue weighted by molar-refractivity contribution is 0.482. The molecular formula is C66H86Cl2N4O2. The van der Waals surface area contributed by atoms with E-state index in [0.29, 0.717) is 49.4 Å². The van der Waals surface area contributed by atoms with Crippen LogP contribution in [0.15, 0.2) is 71.1 Å². The Morgan fingerprint density at radius 3 is 1.66 bits per heavy atom. The molecule has 0 aliphatic carbocycles. The van der Waals surface area contributed by atoms with Gasteiger partial charge >= 0.3 is 0 Å². The van der Waals surface area contributed by atoms with Gasteiger partial charge in [-0.1, -0.05) is 260 Å². The van der Waals surface area contributed by atoms with Crippen LogP contribution in [0.4, 0.5) is 11.4 Å². The molecule has 6 nitrogen and oxygen atoms in total. The van der Waals surface area contributed by atoms with Crippen LogP contribution in [-0.4, -0.2) is 14.5 Å². The summed E-state index contributed by atoms with van der Waals surface area (Å²) in [5.41, 5.74) is 9.28. The molecule has 0 saturated heterocycles. The molecule has 0 atom stereocenters. The van der Waals surface area contributed by atoms with Crippen molar-refractivity contribution in [1.82, 2.24) is 14.5 Å². The first-order valence-corrected chi connectivity index (χ1v) is 30.8. The Morgan fingerprint density at radius 1 is 0.486 bits per heavy atom. The molecule has 0 bridgehead atoms. The maximum absolute atomic E-state index is 7.31. The molecule has 5 aromatic carbocycles. The van der Waals surface area contributed by atoms with Crippen molar-refractivity contribution in [2.45, 2.75) is 232 Å². The van der Waals surface area contributed by atoms with Crippen molar-refractivity contribution in [2.24, 2.45) is 0 Å². The van der Waals surface area contributed by atoms with Gasteiger partial charge in [0.05, 0.1) is 22.2 Å². The average Bonchev–Trinajstić information content (AvgIpc) is 3.94. The molecule has 1 aliphatic rings. The third-order valence-corrected chi connectivity index (χ3v) is 17.0. The topological polar surface area (TPSA) is 65.1 Å². The normalized spacial score (nSPS) is 12.5. The first-order valence-electron chi connectivity index (χ1n) is 30.0. The highest BCUT2D eigenvalue weighted by Gasteiger charge is 2.29. The minimum Gasteiger partial charge on any atom is -0.451 e. The van der Waals surface area contributed by atoms with Gasteiger partial charge in [-0.05, 0) is 49.1 Å². The second-order valence-electron chi connectivity index (χ2n) is 22.1. The molecule has 0 saturated carbocycles. The maximum atomic E-state index is 7.31. The minimum atomic E-state index is 0.367. The Bertz CT molecular complexity index is 3060. The van der Waals surface area contributed by atoms with Crippen LogP contribution < -0.4 is 10.1 Å². The van der Waals surface area contributed by atoms with Gasteiger partial charge in [0.25, 0.3) is 0 Å². The van der Waals surface area contributed by atoms with Crippen LogP contribution in [0.25, 0.3) is 65.8 Å². The van der Waals surface area contributed by atoms with Crippen molar-refractivity contribution >= 4 is 100 Å². The van der Waals surface area contributed by atoms with Crippen molar-refractivity contribution in [3.05, 3.63) is 82.3 Å². The minimum absolute atomic E-state index is 0.367. The Morgan fingerprint density at radius 2 is 1.05 bits per heavy atom. The summed E-state index contributed by atoms with van der Waals surface area (Å²) in [6.45, 7) is 5.56. The molecule has 8 aromatic rings. The van der Waals surface area contributed by atoms with Crippen molar-refractivity contribution < 1.29 is 9.15 Å². The maximum Gasteiger partial charge on any atom is 0.175 e. The lowest BCUT2D eigenvalue weighted by Crippen LogP contribution is -2.06. The van der Waals surface area contributed by atoms with E-state index in [1.54, 1.807) is 0 Å². The molecule has 74 heavy (non-hydrogen) atoms. The Balaban J connectivity index is 0.813. The molecule has 1 aliphatic heterocycles. The zero-order valence-corrected chi connectivity index (χ0v) is 46.8. The molecule has 396 valence electrons. The Hall–Kier alpha value is -4.52. The molecule has 4 heterocycles. The predicted molar refractivity (Wildman–Crippen MR) is 320 cm³/mol. The van der Waals surface area contributed by atoms with Crippen LogP contribution in [0.1, 0.15) is 225 Å². The first-order chi connectivity index (χ1) is 36.5. The molecule has 9 rings (SSSR count). The number of rotatable bonds is 34. The van der Waals surface area contributed by atoms with E-state index >= 15 is 0 Å². The van der Waals surface area contributed by atoms with E-state index in [1.807, 2.05) is 6.07 Å². The summed E-state index contributed by atoms with van der Waals surface area (Å²) in [4.78, 5) is 10.2. The first kappa shape index (κ1) is 54.3. The lowest BCUT2D eigenvalue weighted by atomic mass is 9.99. The molecule has 1 N–H and O–H groups in total. The van der Waals surface area contributed by atoms with Crippen molar-refractivity contribution in [2.75, 3.05) is 5.32 Å². The number of aryl methyl sites for hydroxylation is 2. The van der Waals surface area contributed by atoms with Crippen LogP contribution in [0, 0.1) is 0 Å². The van der Waals surface area contributed by atoms with Gasteiger partial charge in [0.1, 0.15) is 26.8 Å². The highest BCUT2D eigenvalue weighted by molar-refractivity contribution is 6.43. The van der Waals surface area contributed by atoms with E-state index in [4.69, 9.17) is 42.3 Å². The molecule has 0 amide bonds. The van der Waals surface area contributed by atoms with Crippen molar-refractivity contribution in [3.8, 4) is 11.5 Å². The number of anilines is 2. The van der Waals surface area contributed by atoms with Crippen molar-refractivity contribution in [3.63, 3.8) is 0 Å². The Kier molecular flexibility index (Phi) is 20.6. The average molecular weight is 1040 g/mol. The second-order valence-corrected chi connectivity index (χ2v) is 22.9. The van der Waals surface area contributed by atoms with Crippen LogP contribution in [-0.2, 0) is 13.0 Å². The SMILES string of the molecule is CCCCCCCCCCCCCCCCCCc1cccc2nc3cc4oc5c(Cl)c6c(c(Cl)c5nc4cc3c12)Oc1cc2c(cc1N6)c1ccccc1n2CCCCCCCCCCCCCCCCCC. The fourth-order valence-electron chi connectivity index (χ4n) is 12.0. The summed E-state index contributed by atoms with van der Waals surface area (Å²) in [5.74, 6) is 1.17. The summed E-state index contributed by atoms with van der Waals surface area (Å²) in [5, 5.41) is 9.08. The van der Waals surface area contributed by atoms with E-state index in [1.165, 1.54) is 226 Å². The standard InChI is InChI=1S/C66H86Cl2N4O2/c1-3-5-7-9-11-13-15-17-19-21-23-25-27-29-31-33-38-48-39-37-41-52-60(48)51-45-55-58(46-53(51)69-52)73-65-61(67)64-66(62(68)63(65)71-55)74-59-47-57-50(44-54(59)70-64)49-40-34-35-42-56(49)72(57)43-36-32-30-28-26-24-22-20-18-16-14-12-10-8-6-4-2/h34-35,37,39-42,44-47,70H,3-33,36,38,43H2,1-2H3. The number of para-hydroxylation sites is 1. The summed E-state index contributed by atoms with van der Waals surface area (Å²) < 4.78 is 15.9. The van der Waals surface area contributed by atoms with Gasteiger partial charge < -0.3 is 19.0 Å². The second kappa shape index (κ2) is 28.0. The Labute approximate surface area is 453 Å². The fraction of sp³-hybridized carbons (Fsp3) is 0.545. The van der Waals surface area contributed by atoms with Gasteiger partial charge in [-0.3, -0.25) is 0 Å². The quantitative estimate of drug-likeness (QED) is 0.0322. The number of hydrogen-bond donors (Lipinski definition) is 1. The van der Waals surface area contributed by atoms with E-state index in [9.17, 15) is 0 Å². The number of nitrogens with zero attached hydrogens (tertiary/aromatic N) is 3. The summed E-state index contributed by atoms with van der Waals surface area (Å²) in [6, 6.07) is 23.8. The number of benzene rings is 5. The molecule has 3 aromatic heterocycles. The highest BCUT2D eigenvalue weighted by atomic mass is 35.5. The summed E-state index contributed by atoms with van der Waals surface area (Å²) in [6.07, 6.45) is 44.9. The van der Waals surface area contributed by atoms with Crippen LogP contribution in [0.2, 0.25) is 10.0 Å². The smallest absolute Gasteiger partial charge is 0.175 e. The number of unbranched alkanes of at least 4 members (excludes halogenated alkanes) is 30.